The molecule has 1 aliphatic rings. The fraction of sp³-hybridized carbons (Fsp3) is 0.300. The van der Waals surface area contributed by atoms with E-state index < -0.39 is 36.3 Å². The molecule has 1 aromatic heterocycles. The first-order valence-corrected chi connectivity index (χ1v) is 9.01. The number of amidine groups is 1. The topological polar surface area (TPSA) is 102 Å². The number of aliphatic imine (C=N–C) groups is 1. The maximum atomic E-state index is 12.7. The zero-order valence-electron chi connectivity index (χ0n) is 16.6. The highest BCUT2D eigenvalue weighted by molar-refractivity contribution is 6.02. The molecule has 0 saturated carbocycles. The SMILES string of the molecule is C#C.NC1=NC(C(F)F)CCCO1.O=C(Nc1ccc(F)cc1)c1cnc(C(F)F)cn1. The van der Waals surface area contributed by atoms with E-state index in [4.69, 9.17) is 10.5 Å². The number of halogens is 5. The average Bonchev–Trinajstić information content (AvgIpc) is 3.02. The highest BCUT2D eigenvalue weighted by Gasteiger charge is 2.21. The number of aromatic nitrogens is 2. The predicted octanol–water partition coefficient (Wildman–Crippen LogP) is 3.80. The van der Waals surface area contributed by atoms with E-state index in [-0.39, 0.29) is 11.7 Å². The van der Waals surface area contributed by atoms with Crippen molar-refractivity contribution in [2.75, 3.05) is 11.9 Å². The van der Waals surface area contributed by atoms with Crippen molar-refractivity contribution >= 4 is 17.6 Å². The third kappa shape index (κ3) is 8.95. The largest absolute Gasteiger partial charge is 0.465 e. The summed E-state index contributed by atoms with van der Waals surface area (Å²) in [6.07, 6.45) is 5.55. The van der Waals surface area contributed by atoms with Gasteiger partial charge >= 0.3 is 0 Å². The zero-order valence-corrected chi connectivity index (χ0v) is 16.6. The van der Waals surface area contributed by atoms with Gasteiger partial charge in [-0.15, -0.1) is 12.8 Å². The molecule has 0 saturated heterocycles. The number of amides is 1. The minimum atomic E-state index is -2.73. The number of nitrogens with one attached hydrogen (secondary N) is 1. The number of ether oxygens (including phenoxy) is 1. The summed E-state index contributed by atoms with van der Waals surface area (Å²) in [7, 11) is 0. The maximum Gasteiger partial charge on any atom is 0.282 e. The molecule has 2 aromatic rings. The van der Waals surface area contributed by atoms with Gasteiger partial charge in [-0.1, -0.05) is 0 Å². The number of hydrogen-bond acceptors (Lipinski definition) is 6. The quantitative estimate of drug-likeness (QED) is 0.537. The van der Waals surface area contributed by atoms with E-state index in [1.54, 1.807) is 0 Å². The van der Waals surface area contributed by atoms with Crippen molar-refractivity contribution in [3.05, 3.63) is 53.9 Å². The van der Waals surface area contributed by atoms with Gasteiger partial charge in [-0.3, -0.25) is 9.78 Å². The molecule has 172 valence electrons. The Hall–Kier alpha value is -3.75. The van der Waals surface area contributed by atoms with E-state index in [2.05, 4.69) is 33.1 Å². The Morgan fingerprint density at radius 1 is 1.12 bits per heavy atom. The van der Waals surface area contributed by atoms with Gasteiger partial charge < -0.3 is 15.8 Å². The number of rotatable bonds is 4. The molecular formula is C20H20F5N5O2. The molecular weight excluding hydrogens is 437 g/mol. The van der Waals surface area contributed by atoms with Gasteiger partial charge in [0.1, 0.15) is 23.2 Å². The van der Waals surface area contributed by atoms with Gasteiger partial charge in [-0.05, 0) is 37.1 Å². The zero-order chi connectivity index (χ0) is 24.1. The van der Waals surface area contributed by atoms with Crippen LogP contribution in [0.1, 0.15) is 35.4 Å². The minimum absolute atomic E-state index is 0.103. The third-order valence-electron chi connectivity index (χ3n) is 3.71. The van der Waals surface area contributed by atoms with Crippen LogP contribution in [0.5, 0.6) is 0 Å². The Balaban J connectivity index is 0.000000335. The molecule has 1 amide bonds. The number of anilines is 1. The molecule has 2 heterocycles. The van der Waals surface area contributed by atoms with Gasteiger partial charge in [0.05, 0.1) is 19.0 Å². The smallest absolute Gasteiger partial charge is 0.282 e. The fourth-order valence-corrected chi connectivity index (χ4v) is 2.21. The van der Waals surface area contributed by atoms with E-state index in [1.807, 2.05) is 0 Å². The first kappa shape index (κ1) is 26.3. The van der Waals surface area contributed by atoms with Crippen molar-refractivity contribution in [3.8, 4) is 12.8 Å². The van der Waals surface area contributed by atoms with Gasteiger partial charge in [0.2, 0.25) is 0 Å². The molecule has 1 unspecified atom stereocenters. The van der Waals surface area contributed by atoms with Gasteiger partial charge in [0, 0.05) is 5.69 Å². The van der Waals surface area contributed by atoms with Gasteiger partial charge in [-0.2, -0.15) is 0 Å². The van der Waals surface area contributed by atoms with E-state index in [0.717, 1.165) is 12.4 Å². The van der Waals surface area contributed by atoms with Crippen molar-refractivity contribution in [3.63, 3.8) is 0 Å². The fourth-order valence-electron chi connectivity index (χ4n) is 2.21. The summed E-state index contributed by atoms with van der Waals surface area (Å²) < 4.78 is 66.0. The molecule has 0 spiro atoms. The van der Waals surface area contributed by atoms with Crippen LogP contribution in [0, 0.1) is 18.7 Å². The molecule has 1 atom stereocenters. The molecule has 1 aromatic carbocycles. The van der Waals surface area contributed by atoms with Crippen LogP contribution in [0.4, 0.5) is 27.6 Å². The number of carbonyl (C=O) groups is 1. The summed E-state index contributed by atoms with van der Waals surface area (Å²) in [5.41, 5.74) is 4.92. The summed E-state index contributed by atoms with van der Waals surface area (Å²) in [6, 6.07) is 4.01. The second-order valence-corrected chi connectivity index (χ2v) is 5.95. The first-order valence-electron chi connectivity index (χ1n) is 9.01. The van der Waals surface area contributed by atoms with Gasteiger partial charge in [0.25, 0.3) is 24.8 Å². The lowest BCUT2D eigenvalue weighted by Crippen LogP contribution is -2.20. The molecule has 12 heteroatoms. The van der Waals surface area contributed by atoms with E-state index in [9.17, 15) is 26.7 Å². The normalized spacial score (nSPS) is 15.2. The second kappa shape index (κ2) is 13.5. The Kier molecular flexibility index (Phi) is 11.1. The second-order valence-electron chi connectivity index (χ2n) is 5.95. The number of terminal acetylenes is 1. The summed E-state index contributed by atoms with van der Waals surface area (Å²) in [6.45, 7) is 0.387. The standard InChI is InChI=1S/C12H8F3N3O.C6H10F2N2O.C2H2/c13-7-1-3-8(4-2-7)18-12(19)10-6-16-9(5-17-10)11(14)15;7-5(8)4-2-1-3-11-6(9)10-4;1-2/h1-6,11H,(H,18,19);4-5H,1-3H2,(H2,9,10);1-2H. The van der Waals surface area contributed by atoms with E-state index >= 15 is 0 Å². The molecule has 1 aliphatic heterocycles. The lowest BCUT2D eigenvalue weighted by Gasteiger charge is -2.06. The summed E-state index contributed by atoms with van der Waals surface area (Å²) in [5, 5.41) is 2.44. The Morgan fingerprint density at radius 2 is 1.78 bits per heavy atom. The van der Waals surface area contributed by atoms with Crippen LogP contribution >= 0.6 is 0 Å². The number of nitrogens with zero attached hydrogens (tertiary/aromatic N) is 3. The highest BCUT2D eigenvalue weighted by atomic mass is 19.3. The predicted molar refractivity (Wildman–Crippen MR) is 108 cm³/mol. The summed E-state index contributed by atoms with van der Waals surface area (Å²) in [5.74, 6) is -1.04. The maximum absolute atomic E-state index is 12.7. The molecule has 0 radical (unpaired) electrons. The van der Waals surface area contributed by atoms with Crippen molar-refractivity contribution in [1.29, 1.82) is 0 Å². The molecule has 32 heavy (non-hydrogen) atoms. The average molecular weight is 457 g/mol. The minimum Gasteiger partial charge on any atom is -0.465 e. The first-order chi connectivity index (χ1) is 15.3. The number of benzene rings is 1. The van der Waals surface area contributed by atoms with E-state index in [0.29, 0.717) is 25.1 Å². The number of hydrogen-bond donors (Lipinski definition) is 2. The van der Waals surface area contributed by atoms with Crippen LogP contribution in [0.2, 0.25) is 0 Å². The Morgan fingerprint density at radius 3 is 2.31 bits per heavy atom. The van der Waals surface area contributed by atoms with Crippen LogP contribution in [-0.4, -0.2) is 41.0 Å². The molecule has 0 bridgehead atoms. The lowest BCUT2D eigenvalue weighted by atomic mass is 10.2. The summed E-state index contributed by atoms with van der Waals surface area (Å²) in [4.78, 5) is 22.2. The van der Waals surface area contributed by atoms with Gasteiger partial charge in [-0.25, -0.2) is 31.9 Å². The van der Waals surface area contributed by atoms with Crippen molar-refractivity contribution < 1.29 is 31.5 Å². The number of alkyl halides is 4. The van der Waals surface area contributed by atoms with Crippen LogP contribution in [0.3, 0.4) is 0 Å². The molecule has 3 rings (SSSR count). The van der Waals surface area contributed by atoms with Crippen LogP contribution in [0.15, 0.2) is 41.7 Å². The molecule has 7 nitrogen and oxygen atoms in total. The van der Waals surface area contributed by atoms with Crippen LogP contribution in [0.25, 0.3) is 0 Å². The monoisotopic (exact) mass is 457 g/mol. The van der Waals surface area contributed by atoms with Gasteiger partial charge in [0.15, 0.2) is 0 Å². The molecule has 0 fully saturated rings. The summed E-state index contributed by atoms with van der Waals surface area (Å²) >= 11 is 0. The lowest BCUT2D eigenvalue weighted by molar-refractivity contribution is 0.102. The van der Waals surface area contributed by atoms with Crippen molar-refractivity contribution in [1.82, 2.24) is 9.97 Å². The third-order valence-corrected chi connectivity index (χ3v) is 3.71. The number of nitrogens with two attached hydrogens (primary N) is 1. The van der Waals surface area contributed by atoms with Crippen LogP contribution < -0.4 is 11.1 Å². The number of carbonyl (C=O) groups excluding carboxylic acids is 1. The van der Waals surface area contributed by atoms with E-state index in [1.165, 1.54) is 24.3 Å². The Labute approximate surface area is 180 Å². The van der Waals surface area contributed by atoms with Crippen LogP contribution in [-0.2, 0) is 4.74 Å². The highest BCUT2D eigenvalue weighted by Crippen LogP contribution is 2.15. The van der Waals surface area contributed by atoms with Crippen molar-refractivity contribution in [2.45, 2.75) is 31.7 Å². The van der Waals surface area contributed by atoms with Crippen molar-refractivity contribution in [2.24, 2.45) is 10.7 Å². The Bertz CT molecular complexity index is 890. The molecule has 3 N–H and O–H groups in total. The molecule has 0 aliphatic carbocycles.